The molecule has 0 unspecified atom stereocenters. The molecule has 0 spiro atoms. The van der Waals surface area contributed by atoms with Crippen LogP contribution in [0.5, 0.6) is 0 Å². The van der Waals surface area contributed by atoms with E-state index in [0.717, 1.165) is 28.1 Å². The predicted octanol–water partition coefficient (Wildman–Crippen LogP) is 4.01. The van der Waals surface area contributed by atoms with Crippen molar-refractivity contribution in [2.24, 2.45) is 0 Å². The van der Waals surface area contributed by atoms with Crippen molar-refractivity contribution in [2.75, 3.05) is 16.3 Å². The van der Waals surface area contributed by atoms with Crippen molar-refractivity contribution in [3.8, 4) is 0 Å². The number of hydrogen-bond donors (Lipinski definition) is 2. The number of carbonyl (C=O) groups is 1. The number of nitrogens with one attached hydrogen (secondary N) is 2. The molecule has 6 nitrogen and oxygen atoms in total. The molecule has 0 aliphatic carbocycles. The second-order valence-corrected chi connectivity index (χ2v) is 8.18. The molecule has 4 rings (SSSR count). The summed E-state index contributed by atoms with van der Waals surface area (Å²) in [4.78, 5) is 17.7. The molecule has 1 amide bonds. The molecule has 0 aliphatic rings. The Kier molecular flexibility index (Phi) is 4.44. The quantitative estimate of drug-likeness (QED) is 0.515. The number of sulfonamides is 1. The van der Waals surface area contributed by atoms with Gasteiger partial charge in [0.25, 0.3) is 5.91 Å². The van der Waals surface area contributed by atoms with Gasteiger partial charge in [0.15, 0.2) is 0 Å². The van der Waals surface area contributed by atoms with Gasteiger partial charge >= 0.3 is 0 Å². The van der Waals surface area contributed by atoms with Crippen LogP contribution in [0.2, 0.25) is 0 Å². The third-order valence-corrected chi connectivity index (χ3v) is 4.87. The molecule has 3 aromatic carbocycles. The maximum absolute atomic E-state index is 13.1. The van der Waals surface area contributed by atoms with Crippen LogP contribution in [-0.4, -0.2) is 25.6 Å². The van der Waals surface area contributed by atoms with Crippen molar-refractivity contribution in [3.63, 3.8) is 0 Å². The van der Waals surface area contributed by atoms with E-state index in [1.807, 2.05) is 48.5 Å². The Morgan fingerprint density at radius 2 is 1.29 bits per heavy atom. The van der Waals surface area contributed by atoms with Crippen molar-refractivity contribution in [3.05, 3.63) is 78.4 Å². The van der Waals surface area contributed by atoms with Crippen LogP contribution < -0.4 is 10.0 Å². The van der Waals surface area contributed by atoms with Gasteiger partial charge < -0.3 is 5.32 Å². The van der Waals surface area contributed by atoms with Crippen molar-refractivity contribution in [1.29, 1.82) is 0 Å². The first kappa shape index (κ1) is 17.9. The standard InChI is InChI=1S/C21H17N3O3S/c1-28(26,27)24-15-12-10-14(11-13-15)22-21(25)20-16-6-2-4-8-18(16)23-19-9-5-3-7-17(19)20/h2-13,24H,1H3,(H,22,25). The number of fused-ring (bicyclic) bond motifs is 2. The average Bonchev–Trinajstić information content (AvgIpc) is 2.66. The lowest BCUT2D eigenvalue weighted by Crippen LogP contribution is -2.14. The Morgan fingerprint density at radius 1 is 0.786 bits per heavy atom. The summed E-state index contributed by atoms with van der Waals surface area (Å²) in [6.07, 6.45) is 1.09. The van der Waals surface area contributed by atoms with E-state index in [0.29, 0.717) is 16.9 Å². The van der Waals surface area contributed by atoms with Gasteiger partial charge in [-0.2, -0.15) is 0 Å². The molecule has 4 aromatic rings. The summed E-state index contributed by atoms with van der Waals surface area (Å²) in [5.41, 5.74) is 3.05. The monoisotopic (exact) mass is 391 g/mol. The van der Waals surface area contributed by atoms with E-state index in [-0.39, 0.29) is 5.91 Å². The smallest absolute Gasteiger partial charge is 0.257 e. The molecule has 0 saturated heterocycles. The zero-order valence-electron chi connectivity index (χ0n) is 15.0. The molecule has 2 N–H and O–H groups in total. The predicted molar refractivity (Wildman–Crippen MR) is 112 cm³/mol. The Bertz CT molecular complexity index is 1250. The Hall–Kier alpha value is -3.45. The average molecular weight is 391 g/mol. The van der Waals surface area contributed by atoms with Crippen molar-refractivity contribution in [1.82, 2.24) is 4.98 Å². The van der Waals surface area contributed by atoms with Crippen LogP contribution in [0.15, 0.2) is 72.8 Å². The van der Waals surface area contributed by atoms with Gasteiger partial charge in [-0.15, -0.1) is 0 Å². The molecule has 28 heavy (non-hydrogen) atoms. The highest BCUT2D eigenvalue weighted by atomic mass is 32.2. The highest BCUT2D eigenvalue weighted by molar-refractivity contribution is 7.92. The van der Waals surface area contributed by atoms with Crippen molar-refractivity contribution >= 4 is 49.1 Å². The fourth-order valence-electron chi connectivity index (χ4n) is 3.11. The molecule has 0 bridgehead atoms. The number of hydrogen-bond acceptors (Lipinski definition) is 4. The van der Waals surface area contributed by atoms with Gasteiger partial charge in [0.1, 0.15) is 0 Å². The fourth-order valence-corrected chi connectivity index (χ4v) is 3.68. The summed E-state index contributed by atoms with van der Waals surface area (Å²) >= 11 is 0. The summed E-state index contributed by atoms with van der Waals surface area (Å²) in [7, 11) is -3.35. The normalized spacial score (nSPS) is 11.5. The number of anilines is 2. The zero-order chi connectivity index (χ0) is 19.7. The summed E-state index contributed by atoms with van der Waals surface area (Å²) < 4.78 is 25.0. The van der Waals surface area contributed by atoms with Crippen LogP contribution in [0.4, 0.5) is 11.4 Å². The molecule has 0 radical (unpaired) electrons. The topological polar surface area (TPSA) is 88.2 Å². The second-order valence-electron chi connectivity index (χ2n) is 6.43. The maximum Gasteiger partial charge on any atom is 0.257 e. The van der Waals surface area contributed by atoms with E-state index in [1.165, 1.54) is 0 Å². The van der Waals surface area contributed by atoms with Crippen LogP contribution in [-0.2, 0) is 10.0 Å². The van der Waals surface area contributed by atoms with Crippen LogP contribution in [0.3, 0.4) is 0 Å². The van der Waals surface area contributed by atoms with Gasteiger partial charge in [0.05, 0.1) is 22.9 Å². The highest BCUT2D eigenvalue weighted by Gasteiger charge is 2.16. The summed E-state index contributed by atoms with van der Waals surface area (Å²) in [5, 5.41) is 4.43. The van der Waals surface area contributed by atoms with E-state index in [1.54, 1.807) is 24.3 Å². The fraction of sp³-hybridized carbons (Fsp3) is 0.0476. The molecule has 140 valence electrons. The SMILES string of the molecule is CS(=O)(=O)Nc1ccc(NC(=O)c2c3ccccc3nc3ccccc23)cc1. The Labute approximate surface area is 162 Å². The maximum atomic E-state index is 13.1. The second kappa shape index (κ2) is 6.94. The number of nitrogens with zero attached hydrogens (tertiary/aromatic N) is 1. The molecule has 0 saturated carbocycles. The number of para-hydroxylation sites is 2. The van der Waals surface area contributed by atoms with Gasteiger partial charge in [0, 0.05) is 22.1 Å². The summed E-state index contributed by atoms with van der Waals surface area (Å²) in [5.74, 6) is -0.251. The van der Waals surface area contributed by atoms with Gasteiger partial charge in [0.2, 0.25) is 10.0 Å². The van der Waals surface area contributed by atoms with Crippen molar-refractivity contribution in [2.45, 2.75) is 0 Å². The summed E-state index contributed by atoms with van der Waals surface area (Å²) in [6.45, 7) is 0. The van der Waals surface area contributed by atoms with Crippen LogP contribution in [0.1, 0.15) is 10.4 Å². The first-order valence-corrected chi connectivity index (χ1v) is 10.5. The van der Waals surface area contributed by atoms with Gasteiger partial charge in [-0.1, -0.05) is 36.4 Å². The molecule has 0 atom stereocenters. The number of carbonyl (C=O) groups excluding carboxylic acids is 1. The minimum Gasteiger partial charge on any atom is -0.322 e. The number of benzene rings is 3. The van der Waals surface area contributed by atoms with E-state index >= 15 is 0 Å². The number of amides is 1. The Balaban J connectivity index is 1.72. The lowest BCUT2D eigenvalue weighted by atomic mass is 10.0. The molecular weight excluding hydrogens is 374 g/mol. The first-order valence-electron chi connectivity index (χ1n) is 8.57. The highest BCUT2D eigenvalue weighted by Crippen LogP contribution is 2.27. The third-order valence-electron chi connectivity index (χ3n) is 4.26. The first-order chi connectivity index (χ1) is 13.4. The van der Waals surface area contributed by atoms with E-state index in [2.05, 4.69) is 15.0 Å². The van der Waals surface area contributed by atoms with Gasteiger partial charge in [-0.3, -0.25) is 9.52 Å². The van der Waals surface area contributed by atoms with E-state index in [9.17, 15) is 13.2 Å². The molecule has 1 aromatic heterocycles. The number of aromatic nitrogens is 1. The van der Waals surface area contributed by atoms with Crippen molar-refractivity contribution < 1.29 is 13.2 Å². The lowest BCUT2D eigenvalue weighted by Gasteiger charge is -2.12. The van der Waals surface area contributed by atoms with Crippen LogP contribution in [0, 0.1) is 0 Å². The summed E-state index contributed by atoms with van der Waals surface area (Å²) in [6, 6.07) is 21.5. The minimum atomic E-state index is -3.35. The van der Waals surface area contributed by atoms with Gasteiger partial charge in [-0.25, -0.2) is 13.4 Å². The van der Waals surface area contributed by atoms with Crippen LogP contribution >= 0.6 is 0 Å². The molecular formula is C21H17N3O3S. The molecule has 7 heteroatoms. The third kappa shape index (κ3) is 3.65. The van der Waals surface area contributed by atoms with E-state index in [4.69, 9.17) is 0 Å². The zero-order valence-corrected chi connectivity index (χ0v) is 15.8. The molecule has 0 fully saturated rings. The number of pyridine rings is 1. The largest absolute Gasteiger partial charge is 0.322 e. The molecule has 1 heterocycles. The van der Waals surface area contributed by atoms with Crippen LogP contribution in [0.25, 0.3) is 21.8 Å². The minimum absolute atomic E-state index is 0.251. The Morgan fingerprint density at radius 3 is 1.82 bits per heavy atom. The lowest BCUT2D eigenvalue weighted by molar-refractivity contribution is 0.102. The van der Waals surface area contributed by atoms with Gasteiger partial charge in [-0.05, 0) is 36.4 Å². The van der Waals surface area contributed by atoms with E-state index < -0.39 is 10.0 Å². The number of rotatable bonds is 4. The molecule has 0 aliphatic heterocycles.